The van der Waals surface area contributed by atoms with Gasteiger partial charge in [-0.25, -0.2) is 0 Å². The monoisotopic (exact) mass is 270 g/mol. The largest absolute Gasteiger partial charge is 0.481 e. The SMILES string of the molecule is CC1CC(C(=O)O)C(C(=O)N(C)CCCN(C)C)C1. The summed E-state index contributed by atoms with van der Waals surface area (Å²) in [5.41, 5.74) is 0. The molecule has 3 atom stereocenters. The van der Waals surface area contributed by atoms with Gasteiger partial charge in [-0.3, -0.25) is 9.59 Å². The van der Waals surface area contributed by atoms with Crippen LogP contribution in [0.3, 0.4) is 0 Å². The summed E-state index contributed by atoms with van der Waals surface area (Å²) in [5, 5.41) is 9.20. The van der Waals surface area contributed by atoms with Gasteiger partial charge in [0.15, 0.2) is 0 Å². The zero-order chi connectivity index (χ0) is 14.6. The molecule has 0 heterocycles. The Bertz CT molecular complexity index is 331. The number of carboxylic acids is 1. The van der Waals surface area contributed by atoms with Crippen LogP contribution in [0.5, 0.6) is 0 Å². The molecule has 1 aliphatic rings. The van der Waals surface area contributed by atoms with Crippen molar-refractivity contribution in [1.29, 1.82) is 0 Å². The van der Waals surface area contributed by atoms with Gasteiger partial charge in [0.2, 0.25) is 5.91 Å². The Balaban J connectivity index is 2.53. The second kappa shape index (κ2) is 6.89. The molecule has 0 saturated heterocycles. The van der Waals surface area contributed by atoms with Crippen molar-refractivity contribution < 1.29 is 14.7 Å². The number of carbonyl (C=O) groups is 2. The van der Waals surface area contributed by atoms with Crippen molar-refractivity contribution in [3.05, 3.63) is 0 Å². The van der Waals surface area contributed by atoms with E-state index in [-0.39, 0.29) is 11.8 Å². The number of rotatable bonds is 6. The molecule has 1 rings (SSSR count). The van der Waals surface area contributed by atoms with E-state index >= 15 is 0 Å². The molecular formula is C14H26N2O3. The molecule has 3 unspecified atom stereocenters. The second-order valence-corrected chi connectivity index (χ2v) is 6.04. The first-order valence-electron chi connectivity index (χ1n) is 6.95. The fourth-order valence-corrected chi connectivity index (χ4v) is 2.85. The van der Waals surface area contributed by atoms with Gasteiger partial charge in [0.1, 0.15) is 0 Å². The number of amides is 1. The van der Waals surface area contributed by atoms with Gasteiger partial charge in [0.25, 0.3) is 0 Å². The van der Waals surface area contributed by atoms with Gasteiger partial charge >= 0.3 is 5.97 Å². The molecular weight excluding hydrogens is 244 g/mol. The zero-order valence-corrected chi connectivity index (χ0v) is 12.4. The molecule has 1 N–H and O–H groups in total. The van der Waals surface area contributed by atoms with Gasteiger partial charge in [0, 0.05) is 13.6 Å². The Hall–Kier alpha value is -1.10. The maximum Gasteiger partial charge on any atom is 0.307 e. The summed E-state index contributed by atoms with van der Waals surface area (Å²) in [4.78, 5) is 27.3. The van der Waals surface area contributed by atoms with Crippen molar-refractivity contribution in [2.45, 2.75) is 26.2 Å². The van der Waals surface area contributed by atoms with Crippen LogP contribution in [0.25, 0.3) is 0 Å². The molecule has 0 bridgehead atoms. The minimum absolute atomic E-state index is 0.00416. The number of aliphatic carboxylic acids is 1. The van der Waals surface area contributed by atoms with Crippen molar-refractivity contribution in [2.75, 3.05) is 34.2 Å². The minimum Gasteiger partial charge on any atom is -0.481 e. The van der Waals surface area contributed by atoms with Crippen molar-refractivity contribution in [2.24, 2.45) is 17.8 Å². The Morgan fingerprint density at radius 2 is 1.68 bits per heavy atom. The Labute approximate surface area is 115 Å². The number of hydrogen-bond acceptors (Lipinski definition) is 3. The third-order valence-corrected chi connectivity index (χ3v) is 3.91. The second-order valence-electron chi connectivity index (χ2n) is 6.04. The average molecular weight is 270 g/mol. The fraction of sp³-hybridized carbons (Fsp3) is 0.857. The van der Waals surface area contributed by atoms with Crippen LogP contribution in [0.4, 0.5) is 0 Å². The maximum absolute atomic E-state index is 12.3. The molecule has 0 aromatic carbocycles. The first kappa shape index (κ1) is 16.0. The van der Waals surface area contributed by atoms with E-state index in [0.717, 1.165) is 13.0 Å². The van der Waals surface area contributed by atoms with Gasteiger partial charge in [-0.1, -0.05) is 6.92 Å². The zero-order valence-electron chi connectivity index (χ0n) is 12.4. The van der Waals surface area contributed by atoms with E-state index in [1.165, 1.54) is 0 Å². The van der Waals surface area contributed by atoms with Gasteiger partial charge in [0.05, 0.1) is 11.8 Å². The van der Waals surface area contributed by atoms with Crippen LogP contribution in [0.2, 0.25) is 0 Å². The molecule has 0 aromatic heterocycles. The normalized spacial score (nSPS) is 26.7. The van der Waals surface area contributed by atoms with E-state index in [9.17, 15) is 14.7 Å². The van der Waals surface area contributed by atoms with E-state index in [2.05, 4.69) is 4.90 Å². The van der Waals surface area contributed by atoms with Crippen LogP contribution >= 0.6 is 0 Å². The molecule has 0 spiro atoms. The number of carboxylic acid groups (broad SMARTS) is 1. The molecule has 110 valence electrons. The minimum atomic E-state index is -0.829. The maximum atomic E-state index is 12.3. The van der Waals surface area contributed by atoms with Gasteiger partial charge in [-0.05, 0) is 45.8 Å². The molecule has 0 aliphatic heterocycles. The van der Waals surface area contributed by atoms with Gasteiger partial charge in [-0.15, -0.1) is 0 Å². The summed E-state index contributed by atoms with van der Waals surface area (Å²) in [6, 6.07) is 0. The van der Waals surface area contributed by atoms with Crippen LogP contribution in [-0.4, -0.2) is 61.0 Å². The lowest BCUT2D eigenvalue weighted by Gasteiger charge is -2.24. The average Bonchev–Trinajstić information content (AvgIpc) is 2.69. The quantitative estimate of drug-likeness (QED) is 0.786. The van der Waals surface area contributed by atoms with Crippen LogP contribution in [-0.2, 0) is 9.59 Å². The van der Waals surface area contributed by atoms with Crippen molar-refractivity contribution in [1.82, 2.24) is 9.80 Å². The van der Waals surface area contributed by atoms with E-state index in [0.29, 0.717) is 25.3 Å². The molecule has 1 aliphatic carbocycles. The summed E-state index contributed by atoms with van der Waals surface area (Å²) in [6.45, 7) is 3.64. The van der Waals surface area contributed by atoms with Gasteiger partial charge in [-0.2, -0.15) is 0 Å². The fourth-order valence-electron chi connectivity index (χ4n) is 2.85. The van der Waals surface area contributed by atoms with Crippen LogP contribution in [0.1, 0.15) is 26.2 Å². The summed E-state index contributed by atoms with van der Waals surface area (Å²) in [6.07, 6.45) is 2.24. The predicted octanol–water partition coefficient (Wildman–Crippen LogP) is 1.14. The molecule has 0 radical (unpaired) electrons. The highest BCUT2D eigenvalue weighted by Crippen LogP contribution is 2.37. The highest BCUT2D eigenvalue weighted by Gasteiger charge is 2.42. The lowest BCUT2D eigenvalue weighted by molar-refractivity contribution is -0.148. The third kappa shape index (κ3) is 4.49. The lowest BCUT2D eigenvalue weighted by atomic mass is 9.95. The van der Waals surface area contributed by atoms with Crippen LogP contribution < -0.4 is 0 Å². The molecule has 5 nitrogen and oxygen atoms in total. The predicted molar refractivity (Wildman–Crippen MR) is 73.8 cm³/mol. The first-order chi connectivity index (χ1) is 8.82. The number of nitrogens with zero attached hydrogens (tertiary/aromatic N) is 2. The number of hydrogen-bond donors (Lipinski definition) is 1. The van der Waals surface area contributed by atoms with E-state index in [1.54, 1.807) is 11.9 Å². The van der Waals surface area contributed by atoms with Crippen LogP contribution in [0.15, 0.2) is 0 Å². The lowest BCUT2D eigenvalue weighted by Crippen LogP contribution is -2.38. The van der Waals surface area contributed by atoms with Crippen molar-refractivity contribution in [3.63, 3.8) is 0 Å². The third-order valence-electron chi connectivity index (χ3n) is 3.91. The van der Waals surface area contributed by atoms with Crippen molar-refractivity contribution >= 4 is 11.9 Å². The van der Waals surface area contributed by atoms with E-state index < -0.39 is 11.9 Å². The highest BCUT2D eigenvalue weighted by molar-refractivity contribution is 5.85. The van der Waals surface area contributed by atoms with Crippen LogP contribution in [0, 0.1) is 17.8 Å². The van der Waals surface area contributed by atoms with E-state index in [1.807, 2.05) is 21.0 Å². The Morgan fingerprint density at radius 3 is 2.21 bits per heavy atom. The molecule has 19 heavy (non-hydrogen) atoms. The summed E-state index contributed by atoms with van der Waals surface area (Å²) in [5.74, 6) is -1.35. The highest BCUT2D eigenvalue weighted by atomic mass is 16.4. The Morgan fingerprint density at radius 1 is 1.11 bits per heavy atom. The molecule has 0 aromatic rings. The number of carbonyl (C=O) groups excluding carboxylic acids is 1. The summed E-state index contributed by atoms with van der Waals surface area (Å²) in [7, 11) is 5.78. The van der Waals surface area contributed by atoms with Gasteiger partial charge < -0.3 is 14.9 Å². The topological polar surface area (TPSA) is 60.9 Å². The smallest absolute Gasteiger partial charge is 0.307 e. The summed E-state index contributed by atoms with van der Waals surface area (Å²) >= 11 is 0. The molecule has 1 amide bonds. The molecule has 1 saturated carbocycles. The Kier molecular flexibility index (Phi) is 5.79. The molecule has 5 heteroatoms. The van der Waals surface area contributed by atoms with Crippen molar-refractivity contribution in [3.8, 4) is 0 Å². The molecule has 1 fully saturated rings. The first-order valence-corrected chi connectivity index (χ1v) is 6.95. The standard InChI is InChI=1S/C14H26N2O3/c1-10-8-11(12(9-10)14(18)19)13(17)16(4)7-5-6-15(2)3/h10-12H,5-9H2,1-4H3,(H,18,19). The summed E-state index contributed by atoms with van der Waals surface area (Å²) < 4.78 is 0. The van der Waals surface area contributed by atoms with E-state index in [4.69, 9.17) is 0 Å².